The average Bonchev–Trinajstić information content (AvgIpc) is 2.39. The lowest BCUT2D eigenvalue weighted by atomic mass is 9.95. The van der Waals surface area contributed by atoms with E-state index in [1.54, 1.807) is 0 Å². The number of carboxylic acid groups (broad SMARTS) is 1. The van der Waals surface area contributed by atoms with Gasteiger partial charge in [0.1, 0.15) is 0 Å². The number of allylic oxidation sites excluding steroid dienone is 1. The van der Waals surface area contributed by atoms with E-state index < -0.39 is 5.97 Å². The van der Waals surface area contributed by atoms with Gasteiger partial charge in [-0.1, -0.05) is 54.6 Å². The van der Waals surface area contributed by atoms with Crippen molar-refractivity contribution in [3.63, 3.8) is 0 Å². The van der Waals surface area contributed by atoms with E-state index in [1.807, 2.05) is 68.5 Å². The zero-order valence-corrected chi connectivity index (χ0v) is 11.1. The van der Waals surface area contributed by atoms with Crippen molar-refractivity contribution >= 4 is 17.6 Å². The SMILES string of the molecule is C/C(=C/c1ccccc1)c1cccc(C)c1C(=O)O. The molecule has 96 valence electrons. The molecule has 1 N–H and O–H groups in total. The van der Waals surface area contributed by atoms with Crippen molar-refractivity contribution in [3.8, 4) is 0 Å². The molecule has 0 saturated heterocycles. The van der Waals surface area contributed by atoms with Crippen LogP contribution in [0.5, 0.6) is 0 Å². The molecule has 0 bridgehead atoms. The molecule has 0 aliphatic rings. The van der Waals surface area contributed by atoms with Crippen LogP contribution in [0.2, 0.25) is 0 Å². The fraction of sp³-hybridized carbons (Fsp3) is 0.118. The lowest BCUT2D eigenvalue weighted by Gasteiger charge is -2.09. The molecule has 0 aromatic heterocycles. The van der Waals surface area contributed by atoms with Gasteiger partial charge in [-0.15, -0.1) is 0 Å². The smallest absolute Gasteiger partial charge is 0.336 e. The van der Waals surface area contributed by atoms with E-state index in [1.165, 1.54) is 0 Å². The minimum atomic E-state index is -0.881. The molecule has 0 spiro atoms. The number of rotatable bonds is 3. The Morgan fingerprint density at radius 2 is 1.74 bits per heavy atom. The Hall–Kier alpha value is -2.35. The van der Waals surface area contributed by atoms with Crippen LogP contribution in [-0.4, -0.2) is 11.1 Å². The monoisotopic (exact) mass is 252 g/mol. The molecule has 19 heavy (non-hydrogen) atoms. The van der Waals surface area contributed by atoms with Crippen LogP contribution < -0.4 is 0 Å². The number of aryl methyl sites for hydroxylation is 1. The first-order valence-corrected chi connectivity index (χ1v) is 6.16. The predicted octanol–water partition coefficient (Wildman–Crippen LogP) is 4.25. The van der Waals surface area contributed by atoms with Crippen molar-refractivity contribution in [1.29, 1.82) is 0 Å². The molecule has 0 saturated carbocycles. The summed E-state index contributed by atoms with van der Waals surface area (Å²) >= 11 is 0. The summed E-state index contributed by atoms with van der Waals surface area (Å²) < 4.78 is 0. The van der Waals surface area contributed by atoms with Crippen LogP contribution in [0, 0.1) is 6.92 Å². The van der Waals surface area contributed by atoms with Gasteiger partial charge in [0.15, 0.2) is 0 Å². The number of aromatic carboxylic acids is 1. The molecule has 2 rings (SSSR count). The second-order valence-corrected chi connectivity index (χ2v) is 4.54. The van der Waals surface area contributed by atoms with Crippen LogP contribution >= 0.6 is 0 Å². The number of hydrogen-bond donors (Lipinski definition) is 1. The van der Waals surface area contributed by atoms with Crippen LogP contribution in [0.15, 0.2) is 48.5 Å². The highest BCUT2D eigenvalue weighted by molar-refractivity contribution is 5.97. The molecular weight excluding hydrogens is 236 g/mol. The second kappa shape index (κ2) is 5.53. The lowest BCUT2D eigenvalue weighted by molar-refractivity contribution is 0.0696. The third-order valence-corrected chi connectivity index (χ3v) is 3.09. The van der Waals surface area contributed by atoms with Gasteiger partial charge in [0.2, 0.25) is 0 Å². The van der Waals surface area contributed by atoms with Gasteiger partial charge < -0.3 is 5.11 Å². The second-order valence-electron chi connectivity index (χ2n) is 4.54. The Morgan fingerprint density at radius 3 is 2.37 bits per heavy atom. The minimum absolute atomic E-state index is 0.382. The fourth-order valence-electron chi connectivity index (χ4n) is 2.16. The first kappa shape index (κ1) is 13.1. The molecule has 0 amide bonds. The van der Waals surface area contributed by atoms with E-state index in [0.717, 1.165) is 22.3 Å². The van der Waals surface area contributed by atoms with Gasteiger partial charge in [0, 0.05) is 0 Å². The molecule has 0 fully saturated rings. The Bertz CT molecular complexity index is 625. The first-order valence-electron chi connectivity index (χ1n) is 6.16. The topological polar surface area (TPSA) is 37.3 Å². The summed E-state index contributed by atoms with van der Waals surface area (Å²) in [6.07, 6.45) is 2.00. The van der Waals surface area contributed by atoms with E-state index >= 15 is 0 Å². The maximum Gasteiger partial charge on any atom is 0.336 e. The Morgan fingerprint density at radius 1 is 1.05 bits per heavy atom. The Balaban J connectivity index is 2.51. The molecule has 2 nitrogen and oxygen atoms in total. The normalized spacial score (nSPS) is 11.4. The van der Waals surface area contributed by atoms with Crippen molar-refractivity contribution < 1.29 is 9.90 Å². The van der Waals surface area contributed by atoms with Crippen molar-refractivity contribution in [1.82, 2.24) is 0 Å². The maximum absolute atomic E-state index is 11.4. The summed E-state index contributed by atoms with van der Waals surface area (Å²) in [6.45, 7) is 3.76. The van der Waals surface area contributed by atoms with Crippen LogP contribution in [0.3, 0.4) is 0 Å². The highest BCUT2D eigenvalue weighted by atomic mass is 16.4. The Labute approximate surface area is 113 Å². The summed E-state index contributed by atoms with van der Waals surface area (Å²) in [5.74, 6) is -0.881. The first-order chi connectivity index (χ1) is 9.09. The van der Waals surface area contributed by atoms with Crippen molar-refractivity contribution in [2.24, 2.45) is 0 Å². The summed E-state index contributed by atoms with van der Waals surface area (Å²) in [5.41, 5.74) is 3.96. The zero-order chi connectivity index (χ0) is 13.8. The number of hydrogen-bond acceptors (Lipinski definition) is 1. The molecule has 0 heterocycles. The quantitative estimate of drug-likeness (QED) is 0.829. The van der Waals surface area contributed by atoms with Gasteiger partial charge in [0.05, 0.1) is 5.56 Å². The molecule has 0 atom stereocenters. The lowest BCUT2D eigenvalue weighted by Crippen LogP contribution is -2.04. The van der Waals surface area contributed by atoms with Gasteiger partial charge in [-0.2, -0.15) is 0 Å². The van der Waals surface area contributed by atoms with Crippen molar-refractivity contribution in [2.45, 2.75) is 13.8 Å². The summed E-state index contributed by atoms with van der Waals surface area (Å²) in [4.78, 5) is 11.4. The van der Waals surface area contributed by atoms with E-state index in [2.05, 4.69) is 0 Å². The van der Waals surface area contributed by atoms with E-state index in [9.17, 15) is 9.90 Å². The fourth-order valence-corrected chi connectivity index (χ4v) is 2.16. The molecule has 0 aliphatic heterocycles. The van der Waals surface area contributed by atoms with Gasteiger partial charge in [-0.05, 0) is 36.1 Å². The summed E-state index contributed by atoms with van der Waals surface area (Å²) in [6, 6.07) is 15.5. The molecule has 2 heteroatoms. The van der Waals surface area contributed by atoms with Gasteiger partial charge in [0.25, 0.3) is 0 Å². The number of carbonyl (C=O) groups is 1. The number of carboxylic acids is 1. The summed E-state index contributed by atoms with van der Waals surface area (Å²) in [5, 5.41) is 9.33. The van der Waals surface area contributed by atoms with Crippen LogP contribution in [0.1, 0.15) is 34.0 Å². The van der Waals surface area contributed by atoms with Crippen molar-refractivity contribution in [3.05, 3.63) is 70.8 Å². The Kier molecular flexibility index (Phi) is 3.81. The molecular formula is C17H16O2. The standard InChI is InChI=1S/C17H16O2/c1-12-7-6-10-15(16(12)17(18)19)13(2)11-14-8-4-3-5-9-14/h3-11H,1-2H3,(H,18,19)/b13-11-. The third kappa shape index (κ3) is 2.91. The average molecular weight is 252 g/mol. The van der Waals surface area contributed by atoms with Gasteiger partial charge >= 0.3 is 5.97 Å². The van der Waals surface area contributed by atoms with Crippen LogP contribution in [-0.2, 0) is 0 Å². The molecule has 0 unspecified atom stereocenters. The van der Waals surface area contributed by atoms with E-state index in [-0.39, 0.29) is 0 Å². The largest absolute Gasteiger partial charge is 0.478 e. The van der Waals surface area contributed by atoms with E-state index in [4.69, 9.17) is 0 Å². The molecule has 0 aliphatic carbocycles. The zero-order valence-electron chi connectivity index (χ0n) is 11.1. The van der Waals surface area contributed by atoms with E-state index in [0.29, 0.717) is 5.56 Å². The molecule has 0 radical (unpaired) electrons. The molecule has 2 aromatic carbocycles. The van der Waals surface area contributed by atoms with Crippen LogP contribution in [0.25, 0.3) is 11.6 Å². The van der Waals surface area contributed by atoms with Gasteiger partial charge in [-0.3, -0.25) is 0 Å². The molecule has 2 aromatic rings. The highest BCUT2D eigenvalue weighted by Gasteiger charge is 2.13. The predicted molar refractivity (Wildman–Crippen MR) is 78.1 cm³/mol. The highest BCUT2D eigenvalue weighted by Crippen LogP contribution is 2.24. The summed E-state index contributed by atoms with van der Waals surface area (Å²) in [7, 11) is 0. The maximum atomic E-state index is 11.4. The number of benzene rings is 2. The minimum Gasteiger partial charge on any atom is -0.478 e. The third-order valence-electron chi connectivity index (χ3n) is 3.09. The van der Waals surface area contributed by atoms with Crippen molar-refractivity contribution in [2.75, 3.05) is 0 Å². The van der Waals surface area contributed by atoms with Gasteiger partial charge in [-0.25, -0.2) is 4.79 Å². The van der Waals surface area contributed by atoms with Crippen LogP contribution in [0.4, 0.5) is 0 Å².